The Morgan fingerprint density at radius 2 is 0.804 bits per heavy atom. The van der Waals surface area contributed by atoms with E-state index < -0.39 is 5.41 Å². The number of hydrogen-bond donors (Lipinski definition) is 0. The minimum absolute atomic E-state index is 0.526. The number of hydrogen-bond acceptors (Lipinski definition) is 2. The average molecular weight is 652 g/mol. The van der Waals surface area contributed by atoms with E-state index in [0.29, 0.717) is 0 Å². The highest BCUT2D eigenvalue weighted by atomic mass is 16.5. The SMILES string of the molecule is c1ccc(-c2ccccc2N(c2ccccc2)c2ccccc2-c2ccc3c(c2)C2(c4ccccc4O3)c3ccccc3-c3ccccc32)cc1. The van der Waals surface area contributed by atoms with Gasteiger partial charge in [0.05, 0.1) is 16.8 Å². The van der Waals surface area contributed by atoms with Gasteiger partial charge in [-0.2, -0.15) is 0 Å². The maximum absolute atomic E-state index is 6.76. The second-order valence-electron chi connectivity index (χ2n) is 13.2. The van der Waals surface area contributed by atoms with Crippen LogP contribution >= 0.6 is 0 Å². The first-order chi connectivity index (χ1) is 25.3. The minimum Gasteiger partial charge on any atom is -0.457 e. The van der Waals surface area contributed by atoms with Gasteiger partial charge in [0.25, 0.3) is 0 Å². The maximum Gasteiger partial charge on any atom is 0.132 e. The van der Waals surface area contributed by atoms with Crippen LogP contribution in [0.2, 0.25) is 0 Å². The van der Waals surface area contributed by atoms with Gasteiger partial charge in [-0.05, 0) is 75.8 Å². The minimum atomic E-state index is -0.526. The molecule has 1 heterocycles. The number of rotatable bonds is 5. The molecule has 1 aliphatic carbocycles. The van der Waals surface area contributed by atoms with Crippen molar-refractivity contribution in [3.8, 4) is 44.9 Å². The van der Waals surface area contributed by atoms with Gasteiger partial charge < -0.3 is 9.64 Å². The first-order valence-corrected chi connectivity index (χ1v) is 17.5. The van der Waals surface area contributed by atoms with Crippen LogP contribution in [-0.2, 0) is 5.41 Å². The van der Waals surface area contributed by atoms with Gasteiger partial charge in [0.2, 0.25) is 0 Å². The number of fused-ring (bicyclic) bond motifs is 9. The molecule has 0 saturated heterocycles. The van der Waals surface area contributed by atoms with Crippen molar-refractivity contribution in [1.29, 1.82) is 0 Å². The molecule has 0 N–H and O–H groups in total. The van der Waals surface area contributed by atoms with Gasteiger partial charge in [0.1, 0.15) is 11.5 Å². The Labute approximate surface area is 298 Å². The van der Waals surface area contributed by atoms with Crippen LogP contribution in [0.4, 0.5) is 17.1 Å². The summed E-state index contributed by atoms with van der Waals surface area (Å²) in [7, 11) is 0. The molecule has 240 valence electrons. The van der Waals surface area contributed by atoms with Gasteiger partial charge in [0, 0.05) is 27.9 Å². The van der Waals surface area contributed by atoms with E-state index in [1.807, 2.05) is 0 Å². The van der Waals surface area contributed by atoms with Gasteiger partial charge in [0.15, 0.2) is 0 Å². The van der Waals surface area contributed by atoms with Gasteiger partial charge in [-0.15, -0.1) is 0 Å². The van der Waals surface area contributed by atoms with Crippen molar-refractivity contribution in [1.82, 2.24) is 0 Å². The van der Waals surface area contributed by atoms with E-state index in [1.165, 1.54) is 38.9 Å². The van der Waals surface area contributed by atoms with E-state index in [-0.39, 0.29) is 0 Å². The van der Waals surface area contributed by atoms with E-state index in [0.717, 1.165) is 45.3 Å². The molecule has 0 radical (unpaired) electrons. The van der Waals surface area contributed by atoms with E-state index in [1.54, 1.807) is 0 Å². The van der Waals surface area contributed by atoms with Crippen LogP contribution in [-0.4, -0.2) is 0 Å². The van der Waals surface area contributed by atoms with Gasteiger partial charge in [-0.25, -0.2) is 0 Å². The van der Waals surface area contributed by atoms with Crippen LogP contribution in [0, 0.1) is 0 Å². The van der Waals surface area contributed by atoms with Crippen molar-refractivity contribution in [3.05, 3.63) is 222 Å². The van der Waals surface area contributed by atoms with Crippen LogP contribution in [0.1, 0.15) is 22.3 Å². The number of anilines is 3. The Kier molecular flexibility index (Phi) is 6.75. The van der Waals surface area contributed by atoms with E-state index >= 15 is 0 Å². The summed E-state index contributed by atoms with van der Waals surface area (Å²) in [4.78, 5) is 2.40. The quantitative estimate of drug-likeness (QED) is 0.184. The fourth-order valence-corrected chi connectivity index (χ4v) is 8.45. The molecule has 0 saturated carbocycles. The van der Waals surface area contributed by atoms with Crippen LogP contribution in [0.25, 0.3) is 33.4 Å². The standard InChI is InChI=1S/C49H33NO/c1-3-17-34(18-4-1)37-21-9-14-28-45(37)50(36-19-5-2-6-20-36)46-29-15-10-22-38(46)35-31-32-48-44(33-35)49(43-27-13-16-30-47(43)51-48)41-25-11-7-23-39(41)40-24-8-12-26-42(40)49/h1-33H. The Morgan fingerprint density at radius 3 is 1.45 bits per heavy atom. The van der Waals surface area contributed by atoms with Gasteiger partial charge in [-0.3, -0.25) is 0 Å². The highest BCUT2D eigenvalue weighted by Crippen LogP contribution is 2.62. The highest BCUT2D eigenvalue weighted by molar-refractivity contribution is 5.95. The third-order valence-corrected chi connectivity index (χ3v) is 10.5. The number of ether oxygens (including phenoxy) is 1. The molecular formula is C49H33NO. The summed E-state index contributed by atoms with van der Waals surface area (Å²) in [6.07, 6.45) is 0. The number of nitrogens with zero attached hydrogens (tertiary/aromatic N) is 1. The molecule has 8 aromatic carbocycles. The predicted molar refractivity (Wildman–Crippen MR) is 209 cm³/mol. The molecule has 0 amide bonds. The van der Waals surface area contributed by atoms with Crippen LogP contribution in [0.5, 0.6) is 11.5 Å². The summed E-state index contributed by atoms with van der Waals surface area (Å²) in [6.45, 7) is 0. The molecule has 0 aromatic heterocycles. The van der Waals surface area contributed by atoms with Crippen molar-refractivity contribution in [3.63, 3.8) is 0 Å². The van der Waals surface area contributed by atoms with Gasteiger partial charge in [-0.1, -0.05) is 158 Å². The van der Waals surface area contributed by atoms with Crippen LogP contribution < -0.4 is 9.64 Å². The average Bonchev–Trinajstić information content (AvgIpc) is 3.50. The Bertz CT molecular complexity index is 2530. The molecule has 2 nitrogen and oxygen atoms in total. The van der Waals surface area contributed by atoms with E-state index in [2.05, 4.69) is 205 Å². The van der Waals surface area contributed by atoms with E-state index in [9.17, 15) is 0 Å². The van der Waals surface area contributed by atoms with Crippen molar-refractivity contribution < 1.29 is 4.74 Å². The molecule has 8 aromatic rings. The summed E-state index contributed by atoms with van der Waals surface area (Å²) in [6, 6.07) is 72.0. The molecule has 1 aliphatic heterocycles. The molecule has 0 bridgehead atoms. The fraction of sp³-hybridized carbons (Fsp3) is 0.0204. The number of para-hydroxylation sites is 4. The highest BCUT2D eigenvalue weighted by Gasteiger charge is 2.51. The summed E-state index contributed by atoms with van der Waals surface area (Å²) in [5.41, 5.74) is 14.9. The lowest BCUT2D eigenvalue weighted by atomic mass is 9.66. The monoisotopic (exact) mass is 651 g/mol. The molecule has 1 spiro atoms. The molecular weight excluding hydrogens is 619 g/mol. The summed E-state index contributed by atoms with van der Waals surface area (Å²) in [5, 5.41) is 0. The Morgan fingerprint density at radius 1 is 0.333 bits per heavy atom. The summed E-state index contributed by atoms with van der Waals surface area (Å²) in [5.74, 6) is 1.79. The zero-order valence-corrected chi connectivity index (χ0v) is 27.9. The van der Waals surface area contributed by atoms with Crippen molar-refractivity contribution in [2.45, 2.75) is 5.41 Å². The summed E-state index contributed by atoms with van der Waals surface area (Å²) >= 11 is 0. The largest absolute Gasteiger partial charge is 0.457 e. The molecule has 10 rings (SSSR count). The zero-order chi connectivity index (χ0) is 33.8. The smallest absolute Gasteiger partial charge is 0.132 e. The summed E-state index contributed by atoms with van der Waals surface area (Å²) < 4.78 is 6.76. The lowest BCUT2D eigenvalue weighted by Gasteiger charge is -2.39. The second kappa shape index (κ2) is 11.8. The van der Waals surface area contributed by atoms with Crippen molar-refractivity contribution in [2.75, 3.05) is 4.90 Å². The molecule has 51 heavy (non-hydrogen) atoms. The topological polar surface area (TPSA) is 12.5 Å². The number of benzene rings is 8. The van der Waals surface area contributed by atoms with Crippen molar-refractivity contribution >= 4 is 17.1 Å². The maximum atomic E-state index is 6.76. The van der Waals surface area contributed by atoms with Crippen LogP contribution in [0.15, 0.2) is 200 Å². The van der Waals surface area contributed by atoms with Crippen LogP contribution in [0.3, 0.4) is 0 Å². The second-order valence-corrected chi connectivity index (χ2v) is 13.2. The first kappa shape index (κ1) is 29.3. The third kappa shape index (κ3) is 4.43. The molecule has 2 heteroatoms. The zero-order valence-electron chi connectivity index (χ0n) is 27.9. The fourth-order valence-electron chi connectivity index (χ4n) is 8.45. The molecule has 0 atom stereocenters. The van der Waals surface area contributed by atoms with Gasteiger partial charge >= 0.3 is 0 Å². The Hall–Kier alpha value is -6.64. The van der Waals surface area contributed by atoms with E-state index in [4.69, 9.17) is 4.74 Å². The molecule has 0 fully saturated rings. The third-order valence-electron chi connectivity index (χ3n) is 10.5. The molecule has 2 aliphatic rings. The Balaban J connectivity index is 1.23. The lowest BCUT2D eigenvalue weighted by Crippen LogP contribution is -2.32. The first-order valence-electron chi connectivity index (χ1n) is 17.5. The van der Waals surface area contributed by atoms with Crippen molar-refractivity contribution in [2.24, 2.45) is 0 Å². The normalized spacial score (nSPS) is 13.0. The predicted octanol–water partition coefficient (Wildman–Crippen LogP) is 13.0. The molecule has 0 unspecified atom stereocenters. The lowest BCUT2D eigenvalue weighted by molar-refractivity contribution is 0.436.